The molecule has 6 N–H and O–H groups in total. The molecule has 0 aromatic rings. The smallest absolute Gasteiger partial charge is 0.822 e. The summed E-state index contributed by atoms with van der Waals surface area (Å²) in [6.45, 7) is 8.89. The van der Waals surface area contributed by atoms with E-state index in [1.165, 1.54) is 116 Å². The Morgan fingerprint density at radius 3 is 0.640 bits per heavy atom. The third kappa shape index (κ3) is 89.8. The molecular weight excluding hydrogens is 1200 g/mol. The Bertz CT molecular complexity index is 1830. The van der Waals surface area contributed by atoms with Gasteiger partial charge in [0.25, 0.3) is 0 Å². The van der Waals surface area contributed by atoms with E-state index in [-0.39, 0.29) is 54.9 Å². The van der Waals surface area contributed by atoms with E-state index in [0.717, 1.165) is 141 Å². The van der Waals surface area contributed by atoms with Crippen molar-refractivity contribution in [3.05, 3.63) is 72.9 Å². The van der Waals surface area contributed by atoms with Crippen LogP contribution >= 0.6 is 23.5 Å². The van der Waals surface area contributed by atoms with Crippen LogP contribution in [0.15, 0.2) is 72.9 Å². The Morgan fingerprint density at radius 1 is 0.292 bits per heavy atom. The van der Waals surface area contributed by atoms with Crippen molar-refractivity contribution in [1.82, 2.24) is 6.15 Å². The Labute approximate surface area is 557 Å². The van der Waals surface area contributed by atoms with Crippen LogP contribution in [0.1, 0.15) is 336 Å². The summed E-state index contributed by atoms with van der Waals surface area (Å²) in [4.78, 5) is 92.7. The van der Waals surface area contributed by atoms with Gasteiger partial charge in [0.05, 0.1) is 0 Å². The molecule has 21 heteroatoms. The SMILES string of the molecule is CCCCC/C=C\C/C=C\CCCCCCCC(=O)OP(=O)(O)OC(=O)CCCCCCC/C=C\C/C=C\CCCCC.CCCCCC/C=C\CCCCCCCC(=O)OP(=O)(O)OC(=O)CCCCCCC/C=C\CCCCCC.O=P([O-])([O-])[O-].[Mg+2].[NH4+]. The van der Waals surface area contributed by atoms with Gasteiger partial charge in [0.1, 0.15) is 0 Å². The van der Waals surface area contributed by atoms with Crippen molar-refractivity contribution >= 4 is 70.4 Å². The van der Waals surface area contributed by atoms with Crippen LogP contribution in [0, 0.1) is 0 Å². The Kier molecular flexibility index (Phi) is 78.1. The molecule has 89 heavy (non-hydrogen) atoms. The Hall–Kier alpha value is -2.46. The molecule has 0 bridgehead atoms. The van der Waals surface area contributed by atoms with E-state index in [1.54, 1.807) is 0 Å². The summed E-state index contributed by atoms with van der Waals surface area (Å²) in [5.41, 5.74) is 0. The number of phosphoric ester groups is 2. The molecule has 0 saturated carbocycles. The molecule has 0 spiro atoms. The Balaban J connectivity index is -0.000000482. The fourth-order valence-corrected chi connectivity index (χ4v) is 10.3. The molecular formula is C68H126MgNO16P3. The summed E-state index contributed by atoms with van der Waals surface area (Å²) >= 11 is 0. The zero-order chi connectivity index (χ0) is 65.1. The zero-order valence-corrected chi connectivity index (χ0v) is 60.6. The maximum atomic E-state index is 12.0. The van der Waals surface area contributed by atoms with Crippen LogP contribution in [-0.4, -0.2) is 56.7 Å². The summed E-state index contributed by atoms with van der Waals surface area (Å²) in [5.74, 6) is -3.20. The molecule has 0 saturated heterocycles. The minimum absolute atomic E-state index is 0. The van der Waals surface area contributed by atoms with E-state index in [4.69, 9.17) is 19.2 Å². The standard InChI is InChI=1S/C36H63O6P.C32H59O6P.Mg.H3N.H3O4P/c1-3-5-7-9-11-13-15-17-19-21-23-25-27-29-31-33-35(37)41-43(39,40)42-36(38)34-32-30-28-26-24-22-20-18-16-14-12-10-8-6-4-2;1-3-5-7-9-11-13-15-17-19-21-23-25-27-29-31(33)37-39(35,36)38-32(34)30-28-26-24-22-20-18-16-14-12-10-8-6-4-2;;;1-5(2,3)4/h11-14,17-20H,3-10,15-16,21-34H2,1-2H3,(H,39,40);13-16H,3-12,17-30H2,1-2H3,(H,35,36);;1H3;(H3,1,2,3,4)/q;;+2;;/p-2/b13-11-,14-12-,19-17-,20-18-;15-13-,16-14-;;;. The molecule has 0 atom stereocenters. The third-order valence-electron chi connectivity index (χ3n) is 13.8. The number of quaternary nitrogens is 1. The van der Waals surface area contributed by atoms with Crippen molar-refractivity contribution in [3.8, 4) is 0 Å². The van der Waals surface area contributed by atoms with Crippen molar-refractivity contribution in [2.45, 2.75) is 336 Å². The van der Waals surface area contributed by atoms with E-state index < -0.39 is 47.3 Å². The monoisotopic (exact) mass is 1330 g/mol. The van der Waals surface area contributed by atoms with Gasteiger partial charge in [-0.1, -0.05) is 242 Å². The van der Waals surface area contributed by atoms with Gasteiger partial charge in [0.15, 0.2) is 0 Å². The summed E-state index contributed by atoms with van der Waals surface area (Å²) in [6, 6.07) is 0. The summed E-state index contributed by atoms with van der Waals surface area (Å²) in [6.07, 6.45) is 74.8. The van der Waals surface area contributed by atoms with Crippen molar-refractivity contribution < 1.29 is 75.4 Å². The minimum atomic E-state index is -5.39. The average molecular weight is 1330 g/mol. The van der Waals surface area contributed by atoms with E-state index in [9.17, 15) is 38.1 Å². The van der Waals surface area contributed by atoms with Crippen LogP contribution in [0.3, 0.4) is 0 Å². The first-order valence-electron chi connectivity index (χ1n) is 34.0. The number of hydrogen-bond acceptors (Lipinski definition) is 14. The maximum absolute atomic E-state index is 12.0. The second-order valence-electron chi connectivity index (χ2n) is 22.5. The number of unbranched alkanes of at least 4 members (excludes halogenated alkanes) is 34. The molecule has 0 aliphatic carbocycles. The number of rotatable bonds is 58. The van der Waals surface area contributed by atoms with Crippen LogP contribution < -0.4 is 20.8 Å². The second kappa shape index (κ2) is 73.0. The first-order chi connectivity index (χ1) is 41.8. The van der Waals surface area contributed by atoms with E-state index in [0.29, 0.717) is 25.7 Å². The topological polar surface area (TPSA) is 303 Å². The predicted molar refractivity (Wildman–Crippen MR) is 363 cm³/mol. The molecule has 0 rings (SSSR count). The first-order valence-corrected chi connectivity index (χ1v) is 38.5. The summed E-state index contributed by atoms with van der Waals surface area (Å²) < 4.78 is 50.7. The number of phosphoric acid groups is 3. The first kappa shape index (κ1) is 95.2. The van der Waals surface area contributed by atoms with Gasteiger partial charge in [-0.2, -0.15) is 7.82 Å². The largest absolute Gasteiger partial charge is 2.00 e. The summed E-state index contributed by atoms with van der Waals surface area (Å²) in [5, 5.41) is 0. The fourth-order valence-electron chi connectivity index (χ4n) is 8.87. The van der Waals surface area contributed by atoms with Crippen LogP contribution in [0.2, 0.25) is 0 Å². The molecule has 0 aliphatic heterocycles. The van der Waals surface area contributed by atoms with Gasteiger partial charge in [-0.25, -0.2) is 9.13 Å². The van der Waals surface area contributed by atoms with Crippen LogP contribution in [0.4, 0.5) is 0 Å². The van der Waals surface area contributed by atoms with Gasteiger partial charge in [-0.3, -0.25) is 29.0 Å². The van der Waals surface area contributed by atoms with E-state index >= 15 is 0 Å². The predicted octanol–water partition coefficient (Wildman–Crippen LogP) is 19.7. The Morgan fingerprint density at radius 2 is 0.438 bits per heavy atom. The van der Waals surface area contributed by atoms with Crippen LogP contribution in [0.5, 0.6) is 0 Å². The van der Waals surface area contributed by atoms with Crippen LogP contribution in [-0.2, 0) is 51.0 Å². The van der Waals surface area contributed by atoms with Gasteiger partial charge < -0.3 is 43.5 Å². The molecule has 0 heterocycles. The van der Waals surface area contributed by atoms with Gasteiger partial charge in [-0.05, 0) is 141 Å². The van der Waals surface area contributed by atoms with Crippen molar-refractivity contribution in [3.63, 3.8) is 0 Å². The zero-order valence-electron chi connectivity index (χ0n) is 56.5. The third-order valence-corrected chi connectivity index (χ3v) is 15.6. The molecule has 0 fully saturated rings. The molecule has 516 valence electrons. The molecule has 0 aliphatic rings. The van der Waals surface area contributed by atoms with E-state index in [2.05, 4.69) is 119 Å². The fraction of sp³-hybridized carbons (Fsp3) is 0.765. The number of hydrogen-bond donors (Lipinski definition) is 3. The molecule has 17 nitrogen and oxygen atoms in total. The van der Waals surface area contributed by atoms with Gasteiger partial charge in [-0.15, -0.1) is 0 Å². The second-order valence-corrected chi connectivity index (χ2v) is 26.0. The van der Waals surface area contributed by atoms with E-state index in [1.807, 2.05) is 0 Å². The normalized spacial score (nSPS) is 11.9. The quantitative estimate of drug-likeness (QED) is 0.0221. The number of carbonyl (C=O) groups is 4. The van der Waals surface area contributed by atoms with Crippen molar-refractivity contribution in [1.29, 1.82) is 0 Å². The van der Waals surface area contributed by atoms with Crippen LogP contribution in [0.25, 0.3) is 0 Å². The van der Waals surface area contributed by atoms with Crippen molar-refractivity contribution in [2.75, 3.05) is 0 Å². The molecule has 0 aromatic heterocycles. The van der Waals surface area contributed by atoms with Crippen molar-refractivity contribution in [2.24, 2.45) is 0 Å². The molecule has 0 unspecified atom stereocenters. The molecule has 0 amide bonds. The summed E-state index contributed by atoms with van der Waals surface area (Å²) in [7, 11) is -14.8. The number of carbonyl (C=O) groups excluding carboxylic acids is 4. The molecule has 0 radical (unpaired) electrons. The number of allylic oxidation sites excluding steroid dienone is 12. The van der Waals surface area contributed by atoms with Gasteiger partial charge in [0, 0.05) is 25.7 Å². The minimum Gasteiger partial charge on any atom is -0.822 e. The van der Waals surface area contributed by atoms with Gasteiger partial charge in [0.2, 0.25) is 0 Å². The average Bonchev–Trinajstić information content (AvgIpc) is 3.67. The molecule has 0 aromatic carbocycles. The van der Waals surface area contributed by atoms with Gasteiger partial charge >= 0.3 is 62.6 Å². The maximum Gasteiger partial charge on any atom is 2.00 e.